The standard InChI is InChI=1S/C27H53NO3S.2C5H10.4CH3.2Fe/c1-26(2,3)19-22-13-11-14-23(22)20-28(17-9-7-8-10-18-29)21-24-15-12-16-25(24)32(30,31)27(4,5)6;2*1-2-4-5-3-1;;;;;;/h22-25,29H,7-21H2,1-6H3;2*1-5H2;4*1H3;;/q;;;4*-1;2*+2. The van der Waals surface area contributed by atoms with Crippen molar-refractivity contribution in [1.82, 2.24) is 4.90 Å². The Hall–Kier alpha value is 0.909. The predicted molar refractivity (Wildman–Crippen MR) is 209 cm³/mol. The predicted octanol–water partition coefficient (Wildman–Crippen LogP) is 11.8. The molecule has 4 atom stereocenters. The summed E-state index contributed by atoms with van der Waals surface area (Å²) in [5.74, 6) is 1.84. The molecule has 0 radical (unpaired) electrons. The summed E-state index contributed by atoms with van der Waals surface area (Å²) in [5, 5.41) is 8.91. The van der Waals surface area contributed by atoms with Gasteiger partial charge >= 0.3 is 34.1 Å². The van der Waals surface area contributed by atoms with Gasteiger partial charge in [0, 0.05) is 19.7 Å². The maximum Gasteiger partial charge on any atom is 2.00 e. The van der Waals surface area contributed by atoms with Crippen molar-refractivity contribution in [1.29, 1.82) is 0 Å². The first-order chi connectivity index (χ1) is 19.8. The van der Waals surface area contributed by atoms with Gasteiger partial charge < -0.3 is 39.7 Å². The van der Waals surface area contributed by atoms with Gasteiger partial charge in [-0.05, 0) is 89.0 Å². The monoisotopic (exact) mass is 783 g/mol. The number of unbranched alkanes of at least 4 members (excludes halogenated alkanes) is 3. The molecule has 4 aliphatic carbocycles. The van der Waals surface area contributed by atoms with Crippen LogP contribution in [0.5, 0.6) is 0 Å². The molecule has 0 saturated heterocycles. The third-order valence-electron chi connectivity index (χ3n) is 10.4. The molecule has 0 heterocycles. The van der Waals surface area contributed by atoms with E-state index in [4.69, 9.17) is 5.11 Å². The van der Waals surface area contributed by atoms with E-state index in [0.29, 0.717) is 5.41 Å². The third-order valence-corrected chi connectivity index (χ3v) is 13.5. The van der Waals surface area contributed by atoms with Crippen molar-refractivity contribution >= 4 is 9.84 Å². The van der Waals surface area contributed by atoms with Gasteiger partial charge in [-0.15, -0.1) is 0 Å². The fourth-order valence-electron chi connectivity index (χ4n) is 7.97. The van der Waals surface area contributed by atoms with Crippen LogP contribution in [0.25, 0.3) is 0 Å². The molecular formula is C41H85Fe2NO3S. The Balaban J connectivity index is -0.000000329. The molecular weight excluding hydrogens is 698 g/mol. The topological polar surface area (TPSA) is 57.6 Å². The van der Waals surface area contributed by atoms with E-state index < -0.39 is 14.6 Å². The summed E-state index contributed by atoms with van der Waals surface area (Å²) < 4.78 is 25.9. The second kappa shape index (κ2) is 30.4. The Morgan fingerprint density at radius 3 is 1.40 bits per heavy atom. The van der Waals surface area contributed by atoms with Crippen LogP contribution in [0, 0.1) is 52.9 Å². The summed E-state index contributed by atoms with van der Waals surface area (Å²) >= 11 is 0. The summed E-state index contributed by atoms with van der Waals surface area (Å²) in [6.07, 6.45) is 27.6. The second-order valence-electron chi connectivity index (χ2n) is 16.5. The Kier molecular flexibility index (Phi) is 36.9. The molecule has 0 aromatic carbocycles. The molecule has 1 N–H and O–H groups in total. The minimum Gasteiger partial charge on any atom is -0.396 e. The maximum atomic E-state index is 13.3. The van der Waals surface area contributed by atoms with Gasteiger partial charge in [-0.3, -0.25) is 0 Å². The van der Waals surface area contributed by atoms with Crippen LogP contribution in [-0.4, -0.2) is 54.7 Å². The van der Waals surface area contributed by atoms with E-state index >= 15 is 0 Å². The van der Waals surface area contributed by atoms with E-state index in [1.807, 2.05) is 20.8 Å². The summed E-state index contributed by atoms with van der Waals surface area (Å²) in [5.41, 5.74) is 0.375. The molecule has 48 heavy (non-hydrogen) atoms. The van der Waals surface area contributed by atoms with Crippen LogP contribution in [0.1, 0.15) is 176 Å². The average Bonchev–Trinajstić information content (AvgIpc) is 3.73. The summed E-state index contributed by atoms with van der Waals surface area (Å²) in [6.45, 7) is 16.1. The van der Waals surface area contributed by atoms with Crippen LogP contribution in [0.4, 0.5) is 0 Å². The molecule has 0 spiro atoms. The normalized spacial score (nSPS) is 23.3. The summed E-state index contributed by atoms with van der Waals surface area (Å²) in [4.78, 5) is 2.64. The van der Waals surface area contributed by atoms with Crippen molar-refractivity contribution in [2.45, 2.75) is 186 Å². The van der Waals surface area contributed by atoms with Gasteiger partial charge in [-0.25, -0.2) is 8.42 Å². The molecule has 4 aliphatic rings. The van der Waals surface area contributed by atoms with Gasteiger partial charge in [0.2, 0.25) is 0 Å². The molecule has 4 rings (SSSR count). The molecule has 4 nitrogen and oxygen atoms in total. The minimum absolute atomic E-state index is 0. The smallest absolute Gasteiger partial charge is 0.396 e. The average molecular weight is 784 g/mol. The Bertz CT molecular complexity index is 776. The van der Waals surface area contributed by atoms with Crippen molar-refractivity contribution in [2.75, 3.05) is 26.2 Å². The largest absolute Gasteiger partial charge is 2.00 e. The minimum atomic E-state index is -3.12. The molecule has 7 heteroatoms. The zero-order valence-corrected chi connectivity index (χ0v) is 36.8. The fourth-order valence-corrected chi connectivity index (χ4v) is 10.1. The molecule has 0 aromatic rings. The van der Waals surface area contributed by atoms with E-state index in [0.717, 1.165) is 76.4 Å². The van der Waals surface area contributed by atoms with Gasteiger partial charge in [0.1, 0.15) is 0 Å². The number of aliphatic hydroxyl groups excluding tert-OH is 1. The quantitative estimate of drug-likeness (QED) is 0.122. The van der Waals surface area contributed by atoms with E-state index in [-0.39, 0.29) is 81.6 Å². The number of hydrogen-bond donors (Lipinski definition) is 1. The number of rotatable bonds is 12. The van der Waals surface area contributed by atoms with Crippen LogP contribution in [0.15, 0.2) is 0 Å². The van der Waals surface area contributed by atoms with Crippen molar-refractivity contribution in [3.8, 4) is 0 Å². The van der Waals surface area contributed by atoms with E-state index in [9.17, 15) is 8.42 Å². The Morgan fingerprint density at radius 1 is 0.562 bits per heavy atom. The molecule has 4 saturated carbocycles. The fraction of sp³-hybridized carbons (Fsp3) is 0.902. The maximum absolute atomic E-state index is 13.3. The molecule has 0 bridgehead atoms. The number of sulfone groups is 1. The summed E-state index contributed by atoms with van der Waals surface area (Å²) in [6, 6.07) is 0. The number of nitrogens with zero attached hydrogens (tertiary/aromatic N) is 1. The Labute approximate surface area is 326 Å². The number of aliphatic hydroxyl groups is 1. The van der Waals surface area contributed by atoms with Crippen LogP contribution in [-0.2, 0) is 44.0 Å². The first-order valence-electron chi connectivity index (χ1n) is 18.4. The molecule has 0 amide bonds. The first-order valence-corrected chi connectivity index (χ1v) is 20.0. The molecule has 4 fully saturated rings. The van der Waals surface area contributed by atoms with E-state index in [2.05, 4.69) is 25.7 Å². The van der Waals surface area contributed by atoms with E-state index in [1.54, 1.807) is 0 Å². The molecule has 294 valence electrons. The Morgan fingerprint density at radius 2 is 0.958 bits per heavy atom. The van der Waals surface area contributed by atoms with Gasteiger partial charge in [-0.1, -0.05) is 117 Å². The van der Waals surface area contributed by atoms with Gasteiger partial charge in [0.15, 0.2) is 9.84 Å². The second-order valence-corrected chi connectivity index (χ2v) is 19.5. The van der Waals surface area contributed by atoms with Crippen LogP contribution >= 0.6 is 0 Å². The van der Waals surface area contributed by atoms with Crippen LogP contribution in [0.2, 0.25) is 0 Å². The van der Waals surface area contributed by atoms with E-state index in [1.165, 1.54) is 89.9 Å². The van der Waals surface area contributed by atoms with Gasteiger partial charge in [-0.2, -0.15) is 0 Å². The molecule has 0 aromatic heterocycles. The zero-order valence-electron chi connectivity index (χ0n) is 33.8. The molecule has 4 unspecified atom stereocenters. The summed E-state index contributed by atoms with van der Waals surface area (Å²) in [7, 11) is -3.12. The van der Waals surface area contributed by atoms with Crippen molar-refractivity contribution in [3.05, 3.63) is 29.7 Å². The van der Waals surface area contributed by atoms with Gasteiger partial charge in [0.05, 0.1) is 10.00 Å². The SMILES string of the molecule is C1CCCC1.C1CCCC1.CC(C)(C)CC1CCCC1CN(CCCCCCO)CC1CCCC1S(=O)(=O)C(C)(C)C.[CH3-].[CH3-].[CH3-].[CH3-].[Fe+2].[Fe+2]. The van der Waals surface area contributed by atoms with Crippen molar-refractivity contribution in [3.63, 3.8) is 0 Å². The van der Waals surface area contributed by atoms with Crippen molar-refractivity contribution < 1.29 is 47.7 Å². The van der Waals surface area contributed by atoms with Crippen LogP contribution < -0.4 is 0 Å². The van der Waals surface area contributed by atoms with Crippen LogP contribution in [0.3, 0.4) is 0 Å². The molecule has 0 aliphatic heterocycles. The van der Waals surface area contributed by atoms with Gasteiger partial charge in [0.25, 0.3) is 0 Å². The first kappa shape index (κ1) is 58.2. The number of hydrogen-bond acceptors (Lipinski definition) is 4. The third kappa shape index (κ3) is 22.8. The zero-order chi connectivity index (χ0) is 31.1. The van der Waals surface area contributed by atoms with Crippen molar-refractivity contribution in [2.24, 2.45) is 23.2 Å².